The molecule has 4 heterocycles. The monoisotopic (exact) mass is 874 g/mol. The van der Waals surface area contributed by atoms with E-state index in [1.54, 1.807) is 12.1 Å². The Labute approximate surface area is 345 Å². The van der Waals surface area contributed by atoms with Gasteiger partial charge in [-0.2, -0.15) is 0 Å². The molecule has 2 aromatic carbocycles. The lowest BCUT2D eigenvalue weighted by Gasteiger charge is -2.64. The minimum absolute atomic E-state index is 0. The van der Waals surface area contributed by atoms with Crippen molar-refractivity contribution in [2.75, 3.05) is 40.1 Å². The number of carbonyl (C=O) groups excluding carboxylic acids is 2. The van der Waals surface area contributed by atoms with Crippen LogP contribution in [0, 0.1) is 11.8 Å². The molecule has 2 saturated heterocycles. The lowest BCUT2D eigenvalue weighted by Crippen LogP contribution is -3.00. The number of hydrogen-bond acceptors (Lipinski definition) is 8. The van der Waals surface area contributed by atoms with Crippen molar-refractivity contribution < 1.29 is 90.6 Å². The van der Waals surface area contributed by atoms with Crippen molar-refractivity contribution in [2.45, 2.75) is 123 Å². The molecule has 4 bridgehead atoms. The highest BCUT2D eigenvalue weighted by Crippen LogP contribution is 2.70. The predicted molar refractivity (Wildman–Crippen MR) is 187 cm³/mol. The molecule has 10 nitrogen and oxygen atoms in total. The second kappa shape index (κ2) is 10.8. The van der Waals surface area contributed by atoms with Crippen molar-refractivity contribution in [3.8, 4) is 34.1 Å². The van der Waals surface area contributed by atoms with Gasteiger partial charge < -0.3 is 72.8 Å². The van der Waals surface area contributed by atoms with E-state index in [2.05, 4.69) is 0 Å². The molecule has 0 amide bonds. The molecule has 54 heavy (non-hydrogen) atoms. The van der Waals surface area contributed by atoms with E-state index in [1.807, 2.05) is 0 Å². The van der Waals surface area contributed by atoms with E-state index in [0.717, 1.165) is 25.7 Å². The molecule has 0 unspecified atom stereocenters. The minimum Gasteiger partial charge on any atom is -1.00 e. The fourth-order valence-electron chi connectivity index (χ4n) is 13.8. The maximum atomic E-state index is 13.8. The van der Waals surface area contributed by atoms with Crippen LogP contribution in [0.15, 0.2) is 12.1 Å². The number of rotatable bonds is 5. The topological polar surface area (TPSA) is 134 Å². The normalized spacial score (nSPS) is 46.0. The Bertz CT molecular complexity index is 2150. The molecule has 10 atom stereocenters. The smallest absolute Gasteiger partial charge is 0.174 e. The summed E-state index contributed by atoms with van der Waals surface area (Å²) in [5.74, 6) is -0.547. The molecule has 4 N–H and O–H groups in total. The molecule has 6 aliphatic carbocycles. The molecule has 4 saturated carbocycles. The number of nitrogens with zero attached hydrogens (tertiary/aromatic N) is 2. The number of likely N-dealkylation sites (tertiary alicyclic amines) is 2. The maximum Gasteiger partial charge on any atom is 0.174 e. The van der Waals surface area contributed by atoms with Crippen LogP contribution in [0.25, 0.3) is 11.1 Å². The van der Waals surface area contributed by atoms with Gasteiger partial charge in [-0.05, 0) is 61.8 Å². The van der Waals surface area contributed by atoms with E-state index in [1.165, 1.54) is 0 Å². The van der Waals surface area contributed by atoms with Crippen LogP contribution in [-0.4, -0.2) is 117 Å². The van der Waals surface area contributed by atoms with E-state index in [0.29, 0.717) is 35.3 Å². The highest BCUT2D eigenvalue weighted by Gasteiger charge is 2.78. The van der Waals surface area contributed by atoms with Crippen molar-refractivity contribution in [1.82, 2.24) is 0 Å². The summed E-state index contributed by atoms with van der Waals surface area (Å²) in [6.45, 7) is -3.65. The van der Waals surface area contributed by atoms with Crippen LogP contribution < -0.4 is 43.4 Å². The fraction of sp³-hybridized carbons (Fsp3) is 0.667. The largest absolute Gasteiger partial charge is 1.00 e. The molecule has 290 valence electrons. The van der Waals surface area contributed by atoms with E-state index in [9.17, 15) is 30.0 Å². The van der Waals surface area contributed by atoms with Gasteiger partial charge in [0.15, 0.2) is 46.8 Å². The van der Waals surface area contributed by atoms with Crippen molar-refractivity contribution in [2.24, 2.45) is 11.8 Å². The number of carbonyl (C=O) groups is 2. The van der Waals surface area contributed by atoms with Gasteiger partial charge in [-0.15, -0.1) is 0 Å². The summed E-state index contributed by atoms with van der Waals surface area (Å²) in [4.78, 5) is 27.7. The number of Topliss-reactive ketones (excluding diaryl/α,β-unsaturated/α-hetero) is 2. The Balaban J connectivity index is 0.00000216. The Hall–Kier alpha value is -2.22. The first-order chi connectivity index (χ1) is 27.3. The SMILES string of the molecule is [2H]C([2H])([2H])[N@+]1(CC2CC2)CC[C@]23c4c5cc(-c6cc7c8c(c6O)O[C@H]6C(=O)CC[C@@]9(O)[C@@H](C7)[N@+](CC7CC7)(C([2H])([2H])[2H])CC[C@]869)c(O)c4O[C@H]2C(=O)CC[C@@]3(O)[C@H]1C5.[Br-].[Br-]. The zero-order chi connectivity index (χ0) is 40.5. The number of ether oxygens (including phenoxy) is 2. The van der Waals surface area contributed by atoms with Gasteiger partial charge >= 0.3 is 0 Å². The summed E-state index contributed by atoms with van der Waals surface area (Å²) in [5, 5.41) is 50.7. The second-order valence-electron chi connectivity index (χ2n) is 18.7. The van der Waals surface area contributed by atoms with Crippen LogP contribution in [0.3, 0.4) is 0 Å². The molecule has 0 radical (unpaired) electrons. The maximum absolute atomic E-state index is 13.8. The second-order valence-corrected chi connectivity index (χ2v) is 18.7. The first kappa shape index (κ1) is 29.9. The third-order valence-corrected chi connectivity index (χ3v) is 16.4. The van der Waals surface area contributed by atoms with Gasteiger partial charge in [0.25, 0.3) is 0 Å². The van der Waals surface area contributed by atoms with Gasteiger partial charge in [-0.25, -0.2) is 0 Å². The summed E-state index contributed by atoms with van der Waals surface area (Å²) < 4.78 is 66.1. The number of phenols is 2. The zero-order valence-corrected chi connectivity index (χ0v) is 33.2. The molecule has 0 aromatic heterocycles. The number of phenolic OH excluding ortho intramolecular Hbond substituents is 2. The van der Waals surface area contributed by atoms with Crippen molar-refractivity contribution in [1.29, 1.82) is 0 Å². The number of quaternary nitrogens is 2. The summed E-state index contributed by atoms with van der Waals surface area (Å²) in [6.07, 6.45) is 2.35. The van der Waals surface area contributed by atoms with E-state index in [4.69, 9.17) is 17.7 Å². The Morgan fingerprint density at radius 3 is 1.48 bits per heavy atom. The van der Waals surface area contributed by atoms with Crippen LogP contribution in [0.2, 0.25) is 0 Å². The van der Waals surface area contributed by atoms with Crippen molar-refractivity contribution >= 4 is 11.6 Å². The van der Waals surface area contributed by atoms with E-state index in [-0.39, 0.29) is 165 Å². The van der Waals surface area contributed by atoms with Crippen LogP contribution in [0.5, 0.6) is 23.0 Å². The Kier molecular flexibility index (Phi) is 6.01. The first-order valence-corrected chi connectivity index (χ1v) is 19.6. The molecular formula is C42H50Br2N2O8. The van der Waals surface area contributed by atoms with Gasteiger partial charge in [0.05, 0.1) is 59.2 Å². The summed E-state index contributed by atoms with van der Waals surface area (Å²) in [5.41, 5.74) is -3.01. The van der Waals surface area contributed by atoms with E-state index >= 15 is 0 Å². The van der Waals surface area contributed by atoms with Crippen LogP contribution in [0.1, 0.15) is 94.7 Å². The number of halogens is 2. The lowest BCUT2D eigenvalue weighted by molar-refractivity contribution is -0.950. The third kappa shape index (κ3) is 3.92. The van der Waals surface area contributed by atoms with Crippen LogP contribution in [-0.2, 0) is 33.3 Å². The average molecular weight is 877 g/mol. The number of ketones is 2. The summed E-state index contributed by atoms with van der Waals surface area (Å²) in [6, 6.07) is 1.90. The lowest BCUT2D eigenvalue weighted by atomic mass is 9.48. The third-order valence-electron chi connectivity index (χ3n) is 16.4. The zero-order valence-electron chi connectivity index (χ0n) is 36.0. The number of piperidine rings is 2. The first-order valence-electron chi connectivity index (χ1n) is 22.6. The molecule has 2 aromatic rings. The van der Waals surface area contributed by atoms with Crippen molar-refractivity contribution in [3.63, 3.8) is 0 Å². The molecule has 4 aliphatic heterocycles. The van der Waals surface area contributed by atoms with Gasteiger partial charge in [-0.3, -0.25) is 9.59 Å². The molecule has 12 heteroatoms. The highest BCUT2D eigenvalue weighted by molar-refractivity contribution is 5.94. The van der Waals surface area contributed by atoms with Gasteiger partial charge in [0, 0.05) is 72.6 Å². The quantitative estimate of drug-likeness (QED) is 0.240. The van der Waals surface area contributed by atoms with Gasteiger partial charge in [0.1, 0.15) is 23.3 Å². The fourth-order valence-corrected chi connectivity index (χ4v) is 13.8. The van der Waals surface area contributed by atoms with Gasteiger partial charge in [0.2, 0.25) is 0 Å². The molecule has 2 spiro atoms. The molecule has 6 fully saturated rings. The highest BCUT2D eigenvalue weighted by atomic mass is 79.9. The number of likely N-dealkylation sites (N-methyl/N-ethyl adjacent to an activating group) is 2. The molecule has 12 rings (SSSR count). The average Bonchev–Trinajstić information content (AvgIpc) is 4.07. The van der Waals surface area contributed by atoms with Crippen LogP contribution >= 0.6 is 0 Å². The van der Waals surface area contributed by atoms with Gasteiger partial charge in [-0.1, -0.05) is 0 Å². The van der Waals surface area contributed by atoms with Crippen LogP contribution in [0.4, 0.5) is 0 Å². The Morgan fingerprint density at radius 2 is 1.11 bits per heavy atom. The number of hydrogen-bond donors (Lipinski definition) is 4. The number of aromatic hydroxyl groups is 2. The minimum atomic E-state index is -2.45. The predicted octanol–water partition coefficient (Wildman–Crippen LogP) is -2.67. The summed E-state index contributed by atoms with van der Waals surface area (Å²) in [7, 11) is 0. The molecular weight excluding hydrogens is 820 g/mol. The molecule has 10 aliphatic rings. The number of aliphatic hydroxyl groups is 2. The standard InChI is InChI=1S/C42H48N2O8.2BrH/c1-43(19-21-3-4-21)13-11-39-31-23-15-25(33(47)35(31)51-37(39)27(45)7-9-41(39,49)29(43)17-23)26-16-24-18-30-42(50)10-8-28(46)38-40(42,32(24)36(52-38)34(26)48)12-14-44(30,2)20-22-5-6-22;;/h15-16,21-22,29-30,37-38,49-50H,3-14,17-20H2,1-2H3;2*1H/t29-,30-,37+,38+,39+,40+,41-,42-,43-,44-;;/m1../s1/i1D3,2D3;;. The van der Waals surface area contributed by atoms with E-state index < -0.39 is 60.3 Å². The number of benzene rings is 2. The van der Waals surface area contributed by atoms with Crippen molar-refractivity contribution in [3.05, 3.63) is 34.4 Å². The summed E-state index contributed by atoms with van der Waals surface area (Å²) >= 11 is 0. The Morgan fingerprint density at radius 1 is 0.704 bits per heavy atom.